The first kappa shape index (κ1) is 40.8. The molecule has 0 atom stereocenters. The summed E-state index contributed by atoms with van der Waals surface area (Å²) < 4.78 is 7.80. The van der Waals surface area contributed by atoms with Gasteiger partial charge in [-0.2, -0.15) is 0 Å². The fourth-order valence-corrected chi connectivity index (χ4v) is 12.0. The molecule has 12 aromatic rings. The van der Waals surface area contributed by atoms with Crippen LogP contribution in [-0.2, 0) is 0 Å². The zero-order valence-electron chi connectivity index (χ0n) is 35.4. The maximum atomic E-state index is 3.36. The van der Waals surface area contributed by atoms with E-state index in [1.807, 2.05) is 40.9 Å². The van der Waals surface area contributed by atoms with Crippen LogP contribution in [0, 0.1) is 0 Å². The smallest absolute Gasteiger partial charge is 0.0488 e. The van der Waals surface area contributed by atoms with Crippen molar-refractivity contribution in [2.75, 3.05) is 9.80 Å². The Hall–Kier alpha value is -7.28. The normalized spacial score (nSPS) is 11.1. The zero-order chi connectivity index (χ0) is 43.6. The van der Waals surface area contributed by atoms with E-state index in [1.165, 1.54) is 66.1 Å². The molecule has 0 saturated heterocycles. The molecule has 2 nitrogen and oxygen atoms in total. The monoisotopic (exact) mass is 876 g/mol. The first-order valence-electron chi connectivity index (χ1n) is 21.3. The van der Waals surface area contributed by atoms with Crippen LogP contribution < -0.4 is 9.80 Å². The average molecular weight is 877 g/mol. The summed E-state index contributed by atoms with van der Waals surface area (Å²) in [5.41, 5.74) is 8.96. The number of fused-ring (bicyclic) bond motifs is 9. The van der Waals surface area contributed by atoms with Gasteiger partial charge >= 0.3 is 0 Å². The number of allylic oxidation sites excluding steroid dienone is 1. The highest BCUT2D eigenvalue weighted by Gasteiger charge is 2.21. The van der Waals surface area contributed by atoms with Gasteiger partial charge in [-0.05, 0) is 121 Å². The summed E-state index contributed by atoms with van der Waals surface area (Å²) in [6.07, 6.45) is 1.75. The molecule has 0 bridgehead atoms. The van der Waals surface area contributed by atoms with Gasteiger partial charge in [-0.15, -0.1) is 53.7 Å². The Bertz CT molecular complexity index is 3450. The van der Waals surface area contributed by atoms with E-state index >= 15 is 0 Å². The molecule has 3 aromatic heterocycles. The zero-order valence-corrected chi connectivity index (χ0v) is 37.9. The van der Waals surface area contributed by atoms with Gasteiger partial charge in [-0.1, -0.05) is 109 Å². The molecule has 0 unspecified atom stereocenters. The van der Waals surface area contributed by atoms with Gasteiger partial charge in [0.25, 0.3) is 0 Å². The van der Waals surface area contributed by atoms with Gasteiger partial charge < -0.3 is 9.80 Å². The fourth-order valence-electron chi connectivity index (χ4n) is 8.68. The van der Waals surface area contributed by atoms with Crippen molar-refractivity contribution in [1.82, 2.24) is 0 Å². The minimum Gasteiger partial charge on any atom is -0.310 e. The van der Waals surface area contributed by atoms with Crippen molar-refractivity contribution in [3.63, 3.8) is 0 Å². The van der Waals surface area contributed by atoms with Crippen LogP contribution in [0.4, 0.5) is 34.1 Å². The van der Waals surface area contributed by atoms with E-state index < -0.39 is 0 Å². The van der Waals surface area contributed by atoms with Gasteiger partial charge in [-0.25, -0.2) is 0 Å². The summed E-state index contributed by atoms with van der Waals surface area (Å²) >= 11 is 5.58. The van der Waals surface area contributed by atoms with Crippen molar-refractivity contribution >= 4 is 129 Å². The van der Waals surface area contributed by atoms with E-state index in [0.29, 0.717) is 0 Å². The number of rotatable bonds is 7. The van der Waals surface area contributed by atoms with Crippen LogP contribution in [0.25, 0.3) is 71.6 Å². The Morgan fingerprint density at radius 1 is 0.312 bits per heavy atom. The van der Waals surface area contributed by atoms with Gasteiger partial charge in [0.2, 0.25) is 0 Å². The number of hydrogen-bond donors (Lipinski definition) is 0. The highest BCUT2D eigenvalue weighted by atomic mass is 32.1. The molecule has 0 aliphatic heterocycles. The number of thiophene rings is 3. The van der Waals surface area contributed by atoms with Crippen LogP contribution in [0.1, 0.15) is 6.92 Å². The predicted molar refractivity (Wildman–Crippen MR) is 287 cm³/mol. The Morgan fingerprint density at radius 2 is 0.688 bits per heavy atom. The molecule has 0 saturated carbocycles. The van der Waals surface area contributed by atoms with Crippen LogP contribution in [0.5, 0.6) is 0 Å². The first-order valence-corrected chi connectivity index (χ1v) is 23.8. The molecular weight excluding hydrogens is 833 g/mol. The van der Waals surface area contributed by atoms with Gasteiger partial charge in [0.1, 0.15) is 0 Å². The molecule has 308 valence electrons. The third-order valence-electron chi connectivity index (χ3n) is 11.4. The highest BCUT2D eigenvalue weighted by molar-refractivity contribution is 7.26. The second-order valence-corrected chi connectivity index (χ2v) is 18.6. The number of benzene rings is 9. The number of hydrogen-bond acceptors (Lipinski definition) is 5. The lowest BCUT2D eigenvalue weighted by atomic mass is 10.0. The second kappa shape index (κ2) is 17.8. The Morgan fingerprint density at radius 3 is 1.17 bits per heavy atom. The van der Waals surface area contributed by atoms with E-state index in [0.717, 1.165) is 39.7 Å². The molecule has 0 aliphatic carbocycles. The van der Waals surface area contributed by atoms with E-state index in [9.17, 15) is 0 Å². The Labute approximate surface area is 386 Å². The first-order chi connectivity index (χ1) is 31.6. The molecule has 0 radical (unpaired) electrons. The lowest BCUT2D eigenvalue weighted by molar-refractivity contribution is 1.25. The molecule has 3 heterocycles. The molecule has 0 amide bonds. The van der Waals surface area contributed by atoms with Gasteiger partial charge in [0.05, 0.1) is 0 Å². The SMILES string of the molecule is C=C.C=CC.c1ccc(N(c2ccccc2)c2cc(-c3ccc4c(c3)sc3ccccc34)cc(N(c3ccc4sc5ccccc5c4c3)c3ccc4sc5ccccc5c4c3)c2)cc1. The van der Waals surface area contributed by atoms with Gasteiger partial charge in [-0.3, -0.25) is 0 Å². The van der Waals surface area contributed by atoms with Crippen molar-refractivity contribution in [3.05, 3.63) is 232 Å². The summed E-state index contributed by atoms with van der Waals surface area (Å²) in [6, 6.07) is 75.9. The Kier molecular flexibility index (Phi) is 11.4. The van der Waals surface area contributed by atoms with E-state index in [1.54, 1.807) is 6.08 Å². The lowest BCUT2D eigenvalue weighted by Crippen LogP contribution is -2.13. The summed E-state index contributed by atoms with van der Waals surface area (Å²) in [7, 11) is 0. The third-order valence-corrected chi connectivity index (χ3v) is 14.8. The molecule has 0 aliphatic rings. The summed E-state index contributed by atoms with van der Waals surface area (Å²) in [6.45, 7) is 11.2. The summed E-state index contributed by atoms with van der Waals surface area (Å²) in [4.78, 5) is 4.85. The highest BCUT2D eigenvalue weighted by Crippen LogP contribution is 2.47. The molecule has 9 aromatic carbocycles. The van der Waals surface area contributed by atoms with Gasteiger partial charge in [0.15, 0.2) is 0 Å². The molecule has 64 heavy (non-hydrogen) atoms. The Balaban J connectivity index is 0.000000932. The molecule has 5 heteroatoms. The number of nitrogens with zero attached hydrogens (tertiary/aromatic N) is 2. The van der Waals surface area contributed by atoms with Crippen molar-refractivity contribution in [2.24, 2.45) is 0 Å². The average Bonchev–Trinajstić information content (AvgIpc) is 4.04. The minimum absolute atomic E-state index is 1.08. The molecule has 0 spiro atoms. The number of para-hydroxylation sites is 2. The van der Waals surface area contributed by atoms with Gasteiger partial charge in [0, 0.05) is 94.6 Å². The maximum absolute atomic E-state index is 3.36. The topological polar surface area (TPSA) is 6.48 Å². The van der Waals surface area contributed by atoms with Crippen molar-refractivity contribution < 1.29 is 0 Å². The van der Waals surface area contributed by atoms with Crippen molar-refractivity contribution in [3.8, 4) is 11.1 Å². The minimum atomic E-state index is 1.08. The van der Waals surface area contributed by atoms with Crippen molar-refractivity contribution in [2.45, 2.75) is 6.92 Å². The molecule has 0 N–H and O–H groups in total. The maximum Gasteiger partial charge on any atom is 0.0488 e. The van der Waals surface area contributed by atoms with Crippen LogP contribution in [0.15, 0.2) is 232 Å². The molecule has 12 rings (SSSR count). The standard InChI is InChI=1S/C54H34N2S3.C3H6.C2H4/c1-3-13-37(14-4-1)55(38-15-5-2-6-16-38)41-29-36(35-23-26-46-43-17-7-10-20-49(43)59-54(46)31-35)30-42(32-41)56(39-24-27-52-47(33-39)44-18-8-11-21-50(44)57-52)40-25-28-53-48(34-40)45-19-9-12-22-51(45)58-53;1-3-2;1-2/h1-34H;3H,1H2,2H3;1-2H2. The fraction of sp³-hybridized carbons (Fsp3) is 0.0169. The second-order valence-electron chi connectivity index (χ2n) is 15.4. The molecular formula is C59H44N2S3. The summed E-state index contributed by atoms with van der Waals surface area (Å²) in [5.74, 6) is 0. The molecule has 0 fully saturated rings. The summed E-state index contributed by atoms with van der Waals surface area (Å²) in [5, 5.41) is 7.74. The van der Waals surface area contributed by atoms with E-state index in [2.05, 4.69) is 236 Å². The predicted octanol–water partition coefficient (Wildman–Crippen LogP) is 19.4. The lowest BCUT2D eigenvalue weighted by Gasteiger charge is -2.30. The number of anilines is 6. The quantitative estimate of drug-likeness (QED) is 0.147. The van der Waals surface area contributed by atoms with E-state index in [4.69, 9.17) is 0 Å². The van der Waals surface area contributed by atoms with Crippen molar-refractivity contribution in [1.29, 1.82) is 0 Å². The van der Waals surface area contributed by atoms with Crippen LogP contribution in [0.3, 0.4) is 0 Å². The van der Waals surface area contributed by atoms with Crippen LogP contribution in [-0.4, -0.2) is 0 Å². The largest absolute Gasteiger partial charge is 0.310 e. The van der Waals surface area contributed by atoms with Crippen LogP contribution in [0.2, 0.25) is 0 Å². The van der Waals surface area contributed by atoms with E-state index in [-0.39, 0.29) is 0 Å². The third kappa shape index (κ3) is 7.54. The van der Waals surface area contributed by atoms with Crippen LogP contribution >= 0.6 is 34.0 Å².